The number of hydrogen-bond acceptors (Lipinski definition) is 5. The highest BCUT2D eigenvalue weighted by atomic mass is 32.2. The molecule has 1 amide bonds. The van der Waals surface area contributed by atoms with Crippen LogP contribution in [0.2, 0.25) is 0 Å². The molecule has 0 aliphatic heterocycles. The molecule has 0 fully saturated rings. The third-order valence-electron chi connectivity index (χ3n) is 4.82. The van der Waals surface area contributed by atoms with E-state index in [2.05, 4.69) is 10.3 Å². The van der Waals surface area contributed by atoms with Crippen LogP contribution < -0.4 is 15.6 Å². The van der Waals surface area contributed by atoms with Gasteiger partial charge in [-0.2, -0.15) is 0 Å². The Kier molecular flexibility index (Phi) is 6.59. The summed E-state index contributed by atoms with van der Waals surface area (Å²) < 4.78 is 6.83. The number of nitrogens with zero attached hydrogens (tertiary/aromatic N) is 2. The molecular formula is C22H25N3O3S. The first-order valence-corrected chi connectivity index (χ1v) is 10.5. The lowest BCUT2D eigenvalue weighted by molar-refractivity contribution is -0.115. The number of rotatable bonds is 7. The highest BCUT2D eigenvalue weighted by molar-refractivity contribution is 8.00. The van der Waals surface area contributed by atoms with E-state index in [1.165, 1.54) is 11.8 Å². The summed E-state index contributed by atoms with van der Waals surface area (Å²) in [7, 11) is 1.60. The monoisotopic (exact) mass is 411 g/mol. The summed E-state index contributed by atoms with van der Waals surface area (Å²) in [6.07, 6.45) is 0.792. The van der Waals surface area contributed by atoms with E-state index in [-0.39, 0.29) is 17.5 Å². The van der Waals surface area contributed by atoms with E-state index in [0.29, 0.717) is 21.7 Å². The molecule has 3 aromatic rings. The first kappa shape index (κ1) is 20.9. The number of carbonyl (C=O) groups excluding carboxylic acids is 1. The van der Waals surface area contributed by atoms with Crippen molar-refractivity contribution >= 4 is 34.3 Å². The molecule has 0 aliphatic rings. The second kappa shape index (κ2) is 9.13. The third kappa shape index (κ3) is 4.62. The summed E-state index contributed by atoms with van der Waals surface area (Å²) in [5.41, 5.74) is 1.26. The molecular weight excluding hydrogens is 386 g/mol. The second-order valence-electron chi connectivity index (χ2n) is 6.82. The van der Waals surface area contributed by atoms with Gasteiger partial charge >= 0.3 is 0 Å². The molecule has 0 spiro atoms. The zero-order chi connectivity index (χ0) is 21.0. The van der Waals surface area contributed by atoms with Crippen molar-refractivity contribution in [2.24, 2.45) is 0 Å². The van der Waals surface area contributed by atoms with Gasteiger partial charge in [0.15, 0.2) is 5.16 Å². The summed E-state index contributed by atoms with van der Waals surface area (Å²) in [4.78, 5) is 30.4. The van der Waals surface area contributed by atoms with Crippen molar-refractivity contribution in [2.45, 2.75) is 43.6 Å². The Balaban J connectivity index is 1.87. The van der Waals surface area contributed by atoms with E-state index in [1.54, 1.807) is 42.0 Å². The average molecular weight is 412 g/mol. The number of ether oxygens (including phenoxy) is 1. The van der Waals surface area contributed by atoms with Gasteiger partial charge < -0.3 is 10.1 Å². The number of thioether (sulfide) groups is 1. The van der Waals surface area contributed by atoms with Crippen molar-refractivity contribution in [1.82, 2.24) is 9.55 Å². The fraction of sp³-hybridized carbons (Fsp3) is 0.318. The largest absolute Gasteiger partial charge is 0.497 e. The van der Waals surface area contributed by atoms with Crippen molar-refractivity contribution in [3.05, 3.63) is 58.9 Å². The number of para-hydroxylation sites is 1. The van der Waals surface area contributed by atoms with Crippen molar-refractivity contribution in [1.29, 1.82) is 0 Å². The summed E-state index contributed by atoms with van der Waals surface area (Å²) in [6, 6.07) is 14.5. The van der Waals surface area contributed by atoms with E-state index < -0.39 is 5.25 Å². The number of methoxy groups -OCH3 is 1. The molecule has 0 radical (unpaired) electrons. The predicted molar refractivity (Wildman–Crippen MR) is 118 cm³/mol. The predicted octanol–water partition coefficient (Wildman–Crippen LogP) is 4.50. The van der Waals surface area contributed by atoms with E-state index in [9.17, 15) is 9.59 Å². The van der Waals surface area contributed by atoms with E-state index in [1.807, 2.05) is 39.0 Å². The van der Waals surface area contributed by atoms with Gasteiger partial charge in [-0.05, 0) is 56.7 Å². The minimum Gasteiger partial charge on any atom is -0.497 e. The molecule has 0 aliphatic carbocycles. The smallest absolute Gasteiger partial charge is 0.262 e. The standard InChI is InChI=1S/C22H25N3O3S/c1-5-14(2)25-21(27)18-8-6-7-9-19(18)24-22(25)29-15(3)20(26)23-16-10-12-17(28-4)13-11-16/h6-15H,5H2,1-4H3,(H,23,26)/t14-,15+/m1/s1. The molecule has 7 heteroatoms. The third-order valence-corrected chi connectivity index (χ3v) is 5.88. The molecule has 2 aromatic carbocycles. The van der Waals surface area contributed by atoms with Crippen LogP contribution in [0.1, 0.15) is 33.2 Å². The molecule has 1 N–H and O–H groups in total. The Bertz CT molecular complexity index is 1060. The van der Waals surface area contributed by atoms with Crippen LogP contribution in [0.25, 0.3) is 10.9 Å². The lowest BCUT2D eigenvalue weighted by atomic mass is 10.2. The Morgan fingerprint density at radius 3 is 2.52 bits per heavy atom. The number of anilines is 1. The fourth-order valence-electron chi connectivity index (χ4n) is 2.91. The highest BCUT2D eigenvalue weighted by Crippen LogP contribution is 2.27. The molecule has 3 rings (SSSR count). The van der Waals surface area contributed by atoms with Crippen LogP contribution in [0.3, 0.4) is 0 Å². The molecule has 2 atom stereocenters. The summed E-state index contributed by atoms with van der Waals surface area (Å²) in [6.45, 7) is 5.83. The molecule has 6 nitrogen and oxygen atoms in total. The van der Waals surface area contributed by atoms with Crippen LogP contribution in [-0.4, -0.2) is 27.8 Å². The molecule has 29 heavy (non-hydrogen) atoms. The zero-order valence-electron chi connectivity index (χ0n) is 17.0. The number of amides is 1. The van der Waals surface area contributed by atoms with Crippen molar-refractivity contribution in [3.63, 3.8) is 0 Å². The molecule has 152 valence electrons. The van der Waals surface area contributed by atoms with E-state index in [0.717, 1.165) is 12.2 Å². The normalized spacial score (nSPS) is 13.1. The highest BCUT2D eigenvalue weighted by Gasteiger charge is 2.21. The summed E-state index contributed by atoms with van der Waals surface area (Å²) in [5.74, 6) is 0.571. The maximum absolute atomic E-state index is 13.0. The Hall–Kier alpha value is -2.80. The number of carbonyl (C=O) groups is 1. The number of nitrogens with one attached hydrogen (secondary N) is 1. The lowest BCUT2D eigenvalue weighted by Crippen LogP contribution is -2.28. The first-order valence-electron chi connectivity index (χ1n) is 9.57. The number of aromatic nitrogens is 2. The van der Waals surface area contributed by atoms with Crippen LogP contribution >= 0.6 is 11.8 Å². The number of fused-ring (bicyclic) bond motifs is 1. The van der Waals surface area contributed by atoms with Crippen molar-refractivity contribution in [3.8, 4) is 5.75 Å². The van der Waals surface area contributed by atoms with Gasteiger partial charge in [-0.15, -0.1) is 0 Å². The minimum absolute atomic E-state index is 0.0149. The van der Waals surface area contributed by atoms with Crippen LogP contribution in [0, 0.1) is 0 Å². The molecule has 0 saturated carbocycles. The van der Waals surface area contributed by atoms with Gasteiger partial charge in [-0.1, -0.05) is 30.8 Å². The molecule has 0 saturated heterocycles. The lowest BCUT2D eigenvalue weighted by Gasteiger charge is -2.20. The maximum Gasteiger partial charge on any atom is 0.262 e. The summed E-state index contributed by atoms with van der Waals surface area (Å²) in [5, 5.41) is 3.61. The van der Waals surface area contributed by atoms with E-state index >= 15 is 0 Å². The number of benzene rings is 2. The maximum atomic E-state index is 13.0. The Morgan fingerprint density at radius 2 is 1.86 bits per heavy atom. The van der Waals surface area contributed by atoms with Crippen molar-refractivity contribution < 1.29 is 9.53 Å². The topological polar surface area (TPSA) is 73.2 Å². The van der Waals surface area contributed by atoms with Gasteiger partial charge in [0, 0.05) is 11.7 Å². The average Bonchev–Trinajstić information content (AvgIpc) is 2.74. The summed E-state index contributed by atoms with van der Waals surface area (Å²) >= 11 is 1.29. The van der Waals surface area contributed by atoms with Gasteiger partial charge in [0.25, 0.3) is 5.56 Å². The molecule has 0 unspecified atom stereocenters. The van der Waals surface area contributed by atoms with Gasteiger partial charge in [-0.25, -0.2) is 4.98 Å². The first-order chi connectivity index (χ1) is 13.9. The van der Waals surface area contributed by atoms with Gasteiger partial charge in [-0.3, -0.25) is 14.2 Å². The van der Waals surface area contributed by atoms with Crippen molar-refractivity contribution in [2.75, 3.05) is 12.4 Å². The van der Waals surface area contributed by atoms with Gasteiger partial charge in [0.2, 0.25) is 5.91 Å². The SMILES string of the molecule is CC[C@@H](C)n1c(S[C@@H](C)C(=O)Nc2ccc(OC)cc2)nc2ccccc2c1=O. The van der Waals surface area contributed by atoms with Crippen LogP contribution in [-0.2, 0) is 4.79 Å². The quantitative estimate of drug-likeness (QED) is 0.458. The van der Waals surface area contributed by atoms with Crippen LogP contribution in [0.4, 0.5) is 5.69 Å². The Labute approximate surface area is 174 Å². The van der Waals surface area contributed by atoms with Gasteiger partial charge in [0.1, 0.15) is 5.75 Å². The zero-order valence-corrected chi connectivity index (χ0v) is 17.8. The van der Waals surface area contributed by atoms with Crippen LogP contribution in [0.5, 0.6) is 5.75 Å². The second-order valence-corrected chi connectivity index (χ2v) is 8.13. The fourth-order valence-corrected chi connectivity index (χ4v) is 3.92. The van der Waals surface area contributed by atoms with Gasteiger partial charge in [0.05, 0.1) is 23.3 Å². The molecule has 1 aromatic heterocycles. The van der Waals surface area contributed by atoms with Crippen LogP contribution in [0.15, 0.2) is 58.5 Å². The molecule has 1 heterocycles. The minimum atomic E-state index is -0.430. The Morgan fingerprint density at radius 1 is 1.17 bits per heavy atom. The van der Waals surface area contributed by atoms with E-state index in [4.69, 9.17) is 4.74 Å². The molecule has 0 bridgehead atoms. The number of hydrogen-bond donors (Lipinski definition) is 1.